The monoisotopic (exact) mass is 183 g/mol. The number of rotatable bonds is 4. The molecule has 0 radical (unpaired) electrons. The molecular formula is C6H10NNaO4. The Balaban J connectivity index is 0. The van der Waals surface area contributed by atoms with Crippen LogP contribution in [0.5, 0.6) is 0 Å². The Kier molecular flexibility index (Phi) is 8.84. The second kappa shape index (κ2) is 7.42. The summed E-state index contributed by atoms with van der Waals surface area (Å²) in [4.78, 5) is 30.9. The molecule has 1 atom stereocenters. The van der Waals surface area contributed by atoms with E-state index in [9.17, 15) is 14.4 Å². The van der Waals surface area contributed by atoms with Crippen LogP contribution in [0.4, 0.5) is 0 Å². The van der Waals surface area contributed by atoms with Gasteiger partial charge in [-0.05, 0) is 6.92 Å². The van der Waals surface area contributed by atoms with Crippen LogP contribution in [0.15, 0.2) is 0 Å². The number of hydrogen-bond donors (Lipinski definition) is 1. The maximum absolute atomic E-state index is 10.6. The fraction of sp³-hybridized carbons (Fsp3) is 0.500. The van der Waals surface area contributed by atoms with E-state index in [2.05, 4.69) is 4.74 Å². The van der Waals surface area contributed by atoms with Crippen molar-refractivity contribution in [3.05, 3.63) is 0 Å². The molecule has 0 fully saturated rings. The molecule has 0 saturated carbocycles. The Bertz CT molecular complexity index is 182. The van der Waals surface area contributed by atoms with Crippen LogP contribution in [0.25, 0.3) is 0 Å². The fourth-order valence-electron chi connectivity index (χ4n) is 0.421. The number of esters is 1. The molecule has 12 heavy (non-hydrogen) atoms. The summed E-state index contributed by atoms with van der Waals surface area (Å²) in [6.45, 7) is 1.72. The van der Waals surface area contributed by atoms with E-state index in [1.54, 1.807) is 6.92 Å². The molecule has 0 spiro atoms. The van der Waals surface area contributed by atoms with Crippen LogP contribution < -0.4 is 5.73 Å². The molecule has 5 nitrogen and oxygen atoms in total. The Hall–Kier alpha value is -0.230. The van der Waals surface area contributed by atoms with E-state index < -0.39 is 17.8 Å². The van der Waals surface area contributed by atoms with Crippen LogP contribution in [0, 0.1) is 0 Å². The van der Waals surface area contributed by atoms with Gasteiger partial charge in [-0.25, -0.2) is 4.79 Å². The first-order valence-electron chi connectivity index (χ1n) is 3.04. The van der Waals surface area contributed by atoms with Crippen molar-refractivity contribution in [3.8, 4) is 0 Å². The van der Waals surface area contributed by atoms with Gasteiger partial charge in [0.1, 0.15) is 0 Å². The van der Waals surface area contributed by atoms with Crippen molar-refractivity contribution >= 4 is 47.6 Å². The van der Waals surface area contributed by atoms with E-state index in [1.807, 2.05) is 0 Å². The van der Waals surface area contributed by atoms with Gasteiger partial charge in [-0.3, -0.25) is 9.59 Å². The average Bonchev–Trinajstić information content (AvgIpc) is 2.02. The summed E-state index contributed by atoms with van der Waals surface area (Å²) >= 11 is 0. The molecule has 0 bridgehead atoms. The van der Waals surface area contributed by atoms with Crippen molar-refractivity contribution in [2.45, 2.75) is 13.0 Å². The summed E-state index contributed by atoms with van der Waals surface area (Å²) in [6, 6.07) is -1.47. The van der Waals surface area contributed by atoms with Gasteiger partial charge in [0, 0.05) is 0 Å². The molecule has 1 unspecified atom stereocenters. The molecule has 6 heteroatoms. The number of carbonyl (C=O) groups is 3. The third-order valence-corrected chi connectivity index (χ3v) is 0.963. The van der Waals surface area contributed by atoms with Crippen LogP contribution >= 0.6 is 0 Å². The van der Waals surface area contributed by atoms with Crippen LogP contribution in [0.2, 0.25) is 0 Å². The molecule has 0 amide bonds. The summed E-state index contributed by atoms with van der Waals surface area (Å²) < 4.78 is 4.38. The van der Waals surface area contributed by atoms with Gasteiger partial charge in [0.2, 0.25) is 5.78 Å². The van der Waals surface area contributed by atoms with Gasteiger partial charge in [0.15, 0.2) is 12.3 Å². The quantitative estimate of drug-likeness (QED) is 0.179. The van der Waals surface area contributed by atoms with E-state index in [-0.39, 0.29) is 42.5 Å². The Morgan fingerprint density at radius 1 is 1.58 bits per heavy atom. The van der Waals surface area contributed by atoms with E-state index in [0.29, 0.717) is 0 Å². The molecular weight excluding hydrogens is 173 g/mol. The minimum absolute atomic E-state index is 0. The predicted octanol–water partition coefficient (Wildman–Crippen LogP) is -2.00. The van der Waals surface area contributed by atoms with Crippen LogP contribution in [-0.2, 0) is 19.1 Å². The number of ether oxygens (including phenoxy) is 1. The Morgan fingerprint density at radius 3 is 2.42 bits per heavy atom. The third kappa shape index (κ3) is 4.61. The standard InChI is InChI=1S/C6H9NO4.Na.H/c1-2-11-6(10)5(7)4(9)3-8;;/h3,5H,2,7H2,1H3;;. The molecule has 0 rings (SSSR count). The van der Waals surface area contributed by atoms with Crippen molar-refractivity contribution in [3.63, 3.8) is 0 Å². The molecule has 0 aliphatic carbocycles. The Morgan fingerprint density at radius 2 is 2.08 bits per heavy atom. The van der Waals surface area contributed by atoms with Crippen LogP contribution in [-0.4, -0.2) is 60.2 Å². The molecule has 0 aliphatic rings. The van der Waals surface area contributed by atoms with Gasteiger partial charge in [0.25, 0.3) is 0 Å². The topological polar surface area (TPSA) is 86.5 Å². The second-order valence-corrected chi connectivity index (χ2v) is 1.75. The van der Waals surface area contributed by atoms with Crippen molar-refractivity contribution in [2.75, 3.05) is 6.61 Å². The van der Waals surface area contributed by atoms with Crippen molar-refractivity contribution in [2.24, 2.45) is 5.73 Å². The summed E-state index contributed by atoms with van der Waals surface area (Å²) in [5.41, 5.74) is 5.00. The number of ketones is 1. The van der Waals surface area contributed by atoms with Gasteiger partial charge in [0.05, 0.1) is 6.61 Å². The van der Waals surface area contributed by atoms with Crippen molar-refractivity contribution in [1.82, 2.24) is 0 Å². The van der Waals surface area contributed by atoms with E-state index >= 15 is 0 Å². The predicted molar refractivity (Wildman–Crippen MR) is 42.8 cm³/mol. The zero-order valence-corrected chi connectivity index (χ0v) is 6.07. The molecule has 0 aliphatic heterocycles. The molecule has 0 aromatic heterocycles. The first-order valence-corrected chi connectivity index (χ1v) is 3.04. The zero-order valence-electron chi connectivity index (χ0n) is 6.07. The van der Waals surface area contributed by atoms with Gasteiger partial charge < -0.3 is 10.5 Å². The third-order valence-electron chi connectivity index (χ3n) is 0.963. The summed E-state index contributed by atoms with van der Waals surface area (Å²) in [5.74, 6) is -1.84. The number of carbonyl (C=O) groups excluding carboxylic acids is 3. The summed E-state index contributed by atoms with van der Waals surface area (Å²) in [5, 5.41) is 0. The summed E-state index contributed by atoms with van der Waals surface area (Å²) in [6.07, 6.45) is 0.00157. The number of hydrogen-bond acceptors (Lipinski definition) is 5. The molecule has 64 valence electrons. The minimum atomic E-state index is -1.47. The number of Topliss-reactive ketones (excluding diaryl/α,β-unsaturated/α-hetero) is 1. The van der Waals surface area contributed by atoms with Gasteiger partial charge >= 0.3 is 35.5 Å². The first kappa shape index (κ1) is 14.3. The molecule has 0 aromatic rings. The first-order chi connectivity index (χ1) is 5.13. The molecule has 0 saturated heterocycles. The van der Waals surface area contributed by atoms with Crippen molar-refractivity contribution in [1.29, 1.82) is 0 Å². The Labute approximate surface area is 91.9 Å². The SMILES string of the molecule is CCOC(=O)C(N)C(=O)C=O.[NaH]. The molecule has 2 N–H and O–H groups in total. The molecule has 0 aromatic carbocycles. The molecule has 0 heterocycles. The van der Waals surface area contributed by atoms with Gasteiger partial charge in [-0.1, -0.05) is 0 Å². The zero-order chi connectivity index (χ0) is 8.85. The normalized spacial score (nSPS) is 10.8. The van der Waals surface area contributed by atoms with E-state index in [0.717, 1.165) is 0 Å². The van der Waals surface area contributed by atoms with E-state index in [4.69, 9.17) is 5.73 Å². The fourth-order valence-corrected chi connectivity index (χ4v) is 0.421. The van der Waals surface area contributed by atoms with Crippen LogP contribution in [0.1, 0.15) is 6.92 Å². The van der Waals surface area contributed by atoms with E-state index in [1.165, 1.54) is 0 Å². The average molecular weight is 183 g/mol. The van der Waals surface area contributed by atoms with Crippen molar-refractivity contribution < 1.29 is 19.1 Å². The second-order valence-electron chi connectivity index (χ2n) is 1.75. The summed E-state index contributed by atoms with van der Waals surface area (Å²) in [7, 11) is 0. The van der Waals surface area contributed by atoms with Crippen LogP contribution in [0.3, 0.4) is 0 Å². The number of aldehydes is 1. The number of nitrogens with two attached hydrogens (primary N) is 1. The van der Waals surface area contributed by atoms with Gasteiger partial charge in [-0.2, -0.15) is 0 Å². The maximum atomic E-state index is 10.6. The van der Waals surface area contributed by atoms with Gasteiger partial charge in [-0.15, -0.1) is 0 Å².